The maximum atomic E-state index is 12.2. The summed E-state index contributed by atoms with van der Waals surface area (Å²) < 4.78 is 12.8. The van der Waals surface area contributed by atoms with Crippen molar-refractivity contribution in [3.8, 4) is 11.5 Å². The lowest BCUT2D eigenvalue weighted by atomic mass is 10.1. The summed E-state index contributed by atoms with van der Waals surface area (Å²) in [4.78, 5) is 12.2. The summed E-state index contributed by atoms with van der Waals surface area (Å²) in [5.41, 5.74) is 2.25. The third-order valence-corrected chi connectivity index (χ3v) is 4.34. The molecule has 2 aromatic carbocycles. The van der Waals surface area contributed by atoms with Crippen LogP contribution in [0.1, 0.15) is 21.6 Å². The van der Waals surface area contributed by atoms with Gasteiger partial charge in [0.2, 0.25) is 5.78 Å². The van der Waals surface area contributed by atoms with Crippen LogP contribution in [0.25, 0.3) is 6.08 Å². The second kappa shape index (κ2) is 8.56. The lowest BCUT2D eigenvalue weighted by Gasteiger charge is -2.12. The molecule has 0 aliphatic carbocycles. The van der Waals surface area contributed by atoms with Crippen molar-refractivity contribution in [2.24, 2.45) is 7.05 Å². The number of benzene rings is 2. The first-order valence-electron chi connectivity index (χ1n) is 8.33. The molecule has 3 aromatic rings. The fraction of sp³-hybridized carbons (Fsp3) is 0.143. The molecule has 138 valence electrons. The summed E-state index contributed by atoms with van der Waals surface area (Å²) in [5, 5.41) is 4.56. The summed E-state index contributed by atoms with van der Waals surface area (Å²) in [6, 6.07) is 14.6. The molecule has 0 radical (unpaired) electrons. The van der Waals surface area contributed by atoms with Crippen molar-refractivity contribution in [2.75, 3.05) is 7.11 Å². The maximum absolute atomic E-state index is 12.2. The van der Waals surface area contributed by atoms with Crippen LogP contribution in [0.5, 0.6) is 11.5 Å². The fourth-order valence-electron chi connectivity index (χ4n) is 2.61. The highest BCUT2D eigenvalue weighted by Gasteiger charge is 2.08. The van der Waals surface area contributed by atoms with E-state index in [4.69, 9.17) is 21.1 Å². The van der Waals surface area contributed by atoms with E-state index in [0.717, 1.165) is 11.1 Å². The van der Waals surface area contributed by atoms with E-state index in [-0.39, 0.29) is 5.78 Å². The van der Waals surface area contributed by atoms with Gasteiger partial charge in [0.05, 0.1) is 12.1 Å². The average molecular weight is 383 g/mol. The van der Waals surface area contributed by atoms with Crippen molar-refractivity contribution in [3.63, 3.8) is 0 Å². The first-order chi connectivity index (χ1) is 13.1. The van der Waals surface area contributed by atoms with Crippen LogP contribution >= 0.6 is 11.6 Å². The molecule has 0 N–H and O–H groups in total. The number of rotatable bonds is 7. The molecule has 27 heavy (non-hydrogen) atoms. The molecule has 0 fully saturated rings. The minimum atomic E-state index is -0.111. The van der Waals surface area contributed by atoms with Crippen LogP contribution in [-0.4, -0.2) is 22.7 Å². The quantitative estimate of drug-likeness (QED) is 0.444. The number of methoxy groups -OCH3 is 1. The van der Waals surface area contributed by atoms with Gasteiger partial charge in [-0.3, -0.25) is 9.48 Å². The van der Waals surface area contributed by atoms with Gasteiger partial charge in [-0.1, -0.05) is 35.9 Å². The summed E-state index contributed by atoms with van der Waals surface area (Å²) in [6.45, 7) is 0.296. The van der Waals surface area contributed by atoms with Gasteiger partial charge in [0.1, 0.15) is 23.8 Å². The van der Waals surface area contributed by atoms with Crippen LogP contribution in [0, 0.1) is 0 Å². The number of allylic oxidation sites excluding steroid dienone is 1. The molecule has 0 aliphatic heterocycles. The van der Waals surface area contributed by atoms with E-state index in [1.165, 1.54) is 6.08 Å². The van der Waals surface area contributed by atoms with Crippen LogP contribution in [0.3, 0.4) is 0 Å². The van der Waals surface area contributed by atoms with E-state index in [2.05, 4.69) is 5.10 Å². The Morgan fingerprint density at radius 2 is 2.00 bits per heavy atom. The Labute approximate surface area is 162 Å². The molecule has 1 aromatic heterocycles. The highest BCUT2D eigenvalue weighted by Crippen LogP contribution is 2.27. The summed E-state index contributed by atoms with van der Waals surface area (Å²) in [5.74, 6) is 1.20. The molecule has 6 heteroatoms. The van der Waals surface area contributed by atoms with Gasteiger partial charge in [-0.05, 0) is 42.0 Å². The van der Waals surface area contributed by atoms with Crippen LogP contribution in [-0.2, 0) is 13.7 Å². The molecule has 0 saturated heterocycles. The average Bonchev–Trinajstić information content (AvgIpc) is 3.11. The van der Waals surface area contributed by atoms with Gasteiger partial charge in [0.25, 0.3) is 0 Å². The monoisotopic (exact) mass is 382 g/mol. The molecule has 0 atom stereocenters. The predicted octanol–water partition coefficient (Wildman–Crippen LogP) is 4.56. The van der Waals surface area contributed by atoms with Gasteiger partial charge in [-0.2, -0.15) is 5.10 Å². The minimum Gasteiger partial charge on any atom is -0.496 e. The van der Waals surface area contributed by atoms with E-state index in [9.17, 15) is 4.79 Å². The molecule has 1 heterocycles. The van der Waals surface area contributed by atoms with Crippen molar-refractivity contribution in [1.29, 1.82) is 0 Å². The standard InChI is InChI=1S/C21H19ClN2O3/c1-24-18(11-12-23-24)19(25)9-7-15-8-10-20(26-2)16(13-15)14-27-21-6-4-3-5-17(21)22/h3-13H,14H2,1-2H3/b9-7+. The number of ketones is 1. The van der Waals surface area contributed by atoms with Crippen LogP contribution in [0.4, 0.5) is 0 Å². The largest absolute Gasteiger partial charge is 0.496 e. The van der Waals surface area contributed by atoms with Crippen molar-refractivity contribution in [1.82, 2.24) is 9.78 Å². The number of hydrogen-bond donors (Lipinski definition) is 0. The van der Waals surface area contributed by atoms with Crippen molar-refractivity contribution in [3.05, 3.63) is 82.6 Å². The maximum Gasteiger partial charge on any atom is 0.203 e. The molecule has 3 rings (SSSR count). The van der Waals surface area contributed by atoms with Crippen molar-refractivity contribution < 1.29 is 14.3 Å². The topological polar surface area (TPSA) is 53.3 Å². The zero-order valence-electron chi connectivity index (χ0n) is 15.1. The van der Waals surface area contributed by atoms with E-state index in [1.807, 2.05) is 36.4 Å². The van der Waals surface area contributed by atoms with Gasteiger partial charge < -0.3 is 9.47 Å². The molecule has 0 unspecified atom stereocenters. The second-order valence-corrected chi connectivity index (χ2v) is 6.24. The highest BCUT2D eigenvalue weighted by atomic mass is 35.5. The van der Waals surface area contributed by atoms with E-state index in [0.29, 0.717) is 28.8 Å². The lowest BCUT2D eigenvalue weighted by Crippen LogP contribution is -2.03. The normalized spacial score (nSPS) is 10.9. The number of halogens is 1. The van der Waals surface area contributed by atoms with Crippen LogP contribution < -0.4 is 9.47 Å². The van der Waals surface area contributed by atoms with Gasteiger partial charge in [-0.15, -0.1) is 0 Å². The third-order valence-electron chi connectivity index (χ3n) is 4.02. The summed E-state index contributed by atoms with van der Waals surface area (Å²) in [7, 11) is 3.34. The molecule has 0 spiro atoms. The Hall–Kier alpha value is -3.05. The Bertz CT molecular complexity index is 979. The third kappa shape index (κ3) is 4.57. The second-order valence-electron chi connectivity index (χ2n) is 5.83. The van der Waals surface area contributed by atoms with E-state index >= 15 is 0 Å². The number of carbonyl (C=O) groups is 1. The molecular formula is C21H19ClN2O3. The Morgan fingerprint density at radius 3 is 2.70 bits per heavy atom. The van der Waals surface area contributed by atoms with Crippen LogP contribution in [0.15, 0.2) is 60.8 Å². The summed E-state index contributed by atoms with van der Waals surface area (Å²) >= 11 is 6.13. The summed E-state index contributed by atoms with van der Waals surface area (Å²) in [6.07, 6.45) is 4.88. The van der Waals surface area contributed by atoms with Gasteiger partial charge in [0, 0.05) is 18.8 Å². The Kier molecular flexibility index (Phi) is 5.94. The van der Waals surface area contributed by atoms with Gasteiger partial charge >= 0.3 is 0 Å². The van der Waals surface area contributed by atoms with Crippen LogP contribution in [0.2, 0.25) is 5.02 Å². The smallest absolute Gasteiger partial charge is 0.203 e. The zero-order chi connectivity index (χ0) is 19.2. The SMILES string of the molecule is COc1ccc(/C=C/C(=O)c2ccnn2C)cc1COc1ccccc1Cl. The molecule has 0 aliphatic rings. The number of para-hydroxylation sites is 1. The zero-order valence-corrected chi connectivity index (χ0v) is 15.8. The minimum absolute atomic E-state index is 0.111. The highest BCUT2D eigenvalue weighted by molar-refractivity contribution is 6.32. The number of hydrogen-bond acceptors (Lipinski definition) is 4. The van der Waals surface area contributed by atoms with Crippen molar-refractivity contribution >= 4 is 23.5 Å². The van der Waals surface area contributed by atoms with E-state index in [1.54, 1.807) is 43.2 Å². The predicted molar refractivity (Wildman–Crippen MR) is 105 cm³/mol. The Morgan fingerprint density at radius 1 is 1.19 bits per heavy atom. The molecule has 0 bridgehead atoms. The van der Waals surface area contributed by atoms with Gasteiger partial charge in [0.15, 0.2) is 0 Å². The molecule has 0 amide bonds. The first-order valence-corrected chi connectivity index (χ1v) is 8.71. The number of aryl methyl sites for hydroxylation is 1. The number of carbonyl (C=O) groups excluding carboxylic acids is 1. The fourth-order valence-corrected chi connectivity index (χ4v) is 2.80. The number of aromatic nitrogens is 2. The van der Waals surface area contributed by atoms with Crippen molar-refractivity contribution in [2.45, 2.75) is 6.61 Å². The molecular weight excluding hydrogens is 364 g/mol. The molecule has 5 nitrogen and oxygen atoms in total. The van der Waals surface area contributed by atoms with Gasteiger partial charge in [-0.25, -0.2) is 0 Å². The lowest BCUT2D eigenvalue weighted by molar-refractivity contribution is 0.103. The number of nitrogens with zero attached hydrogens (tertiary/aromatic N) is 2. The van der Waals surface area contributed by atoms with E-state index < -0.39 is 0 Å². The Balaban J connectivity index is 1.77. The number of ether oxygens (including phenoxy) is 2. The first kappa shape index (κ1) is 18.7. The molecule has 0 saturated carbocycles.